The van der Waals surface area contributed by atoms with Crippen LogP contribution in [0.15, 0.2) is 47.0 Å². The van der Waals surface area contributed by atoms with Gasteiger partial charge in [-0.1, -0.05) is 17.3 Å². The minimum atomic E-state index is -0.540. The first-order valence-electron chi connectivity index (χ1n) is 9.98. The summed E-state index contributed by atoms with van der Waals surface area (Å²) in [7, 11) is 0. The number of nitrogens with zero attached hydrogens (tertiary/aromatic N) is 1. The summed E-state index contributed by atoms with van der Waals surface area (Å²) in [6, 6.07) is 12.3. The summed E-state index contributed by atoms with van der Waals surface area (Å²) in [6.07, 6.45) is 3.19. The zero-order valence-corrected chi connectivity index (χ0v) is 17.1. The normalized spacial score (nSPS) is 12.5. The zero-order chi connectivity index (χ0) is 21.1. The van der Waals surface area contributed by atoms with Crippen molar-refractivity contribution in [3.8, 4) is 5.75 Å². The molecule has 6 heteroatoms. The monoisotopic (exact) mass is 405 g/mol. The minimum Gasteiger partial charge on any atom is -0.489 e. The molecule has 1 heterocycles. The van der Waals surface area contributed by atoms with Crippen LogP contribution in [-0.2, 0) is 24.2 Å². The van der Waals surface area contributed by atoms with Crippen molar-refractivity contribution in [3.63, 3.8) is 0 Å². The smallest absolute Gasteiger partial charge is 0.338 e. The SMILES string of the molecule is Cc1noc(C)c1COc1ccc(C(=O)OCC(=O)c2ccc3c(c2)CCC3)cc1. The molecule has 30 heavy (non-hydrogen) atoms. The maximum Gasteiger partial charge on any atom is 0.338 e. The van der Waals surface area contributed by atoms with Crippen molar-refractivity contribution in [1.82, 2.24) is 5.16 Å². The summed E-state index contributed by atoms with van der Waals surface area (Å²) >= 11 is 0. The number of Topliss-reactive ketones (excluding diaryl/α,β-unsaturated/α-hetero) is 1. The summed E-state index contributed by atoms with van der Waals surface area (Å²) in [5.74, 6) is 0.598. The molecular formula is C24H23NO5. The van der Waals surface area contributed by atoms with Gasteiger partial charge in [0.05, 0.1) is 16.8 Å². The molecule has 4 rings (SSSR count). The van der Waals surface area contributed by atoms with Gasteiger partial charge in [-0.2, -0.15) is 0 Å². The third-order valence-electron chi connectivity index (χ3n) is 5.41. The summed E-state index contributed by atoms with van der Waals surface area (Å²) in [5, 5.41) is 3.90. The molecule has 2 aromatic carbocycles. The van der Waals surface area contributed by atoms with Gasteiger partial charge < -0.3 is 14.0 Å². The number of carbonyl (C=O) groups excluding carboxylic acids is 2. The van der Waals surface area contributed by atoms with E-state index in [0.29, 0.717) is 23.5 Å². The Morgan fingerprint density at radius 1 is 1.00 bits per heavy atom. The highest BCUT2D eigenvalue weighted by molar-refractivity contribution is 5.99. The Balaban J connectivity index is 1.31. The van der Waals surface area contributed by atoms with E-state index in [1.54, 1.807) is 24.3 Å². The molecule has 1 aromatic heterocycles. The van der Waals surface area contributed by atoms with E-state index >= 15 is 0 Å². The van der Waals surface area contributed by atoms with Crippen LogP contribution in [0.2, 0.25) is 0 Å². The minimum absolute atomic E-state index is 0.197. The van der Waals surface area contributed by atoms with E-state index in [2.05, 4.69) is 5.16 Å². The Bertz CT molecular complexity index is 1060. The first-order valence-corrected chi connectivity index (χ1v) is 9.98. The quantitative estimate of drug-likeness (QED) is 0.428. The summed E-state index contributed by atoms with van der Waals surface area (Å²) < 4.78 is 16.1. The number of esters is 1. The van der Waals surface area contributed by atoms with Crippen molar-refractivity contribution in [2.45, 2.75) is 39.7 Å². The van der Waals surface area contributed by atoms with Crippen molar-refractivity contribution in [1.29, 1.82) is 0 Å². The van der Waals surface area contributed by atoms with Gasteiger partial charge in [-0.3, -0.25) is 4.79 Å². The number of aryl methyl sites for hydroxylation is 4. The van der Waals surface area contributed by atoms with Gasteiger partial charge in [-0.05, 0) is 74.6 Å². The van der Waals surface area contributed by atoms with Crippen molar-refractivity contribution in [2.75, 3.05) is 6.61 Å². The highest BCUT2D eigenvalue weighted by Gasteiger charge is 2.16. The molecule has 154 valence electrons. The zero-order valence-electron chi connectivity index (χ0n) is 17.1. The highest BCUT2D eigenvalue weighted by atomic mass is 16.5. The van der Waals surface area contributed by atoms with Crippen molar-refractivity contribution >= 4 is 11.8 Å². The Morgan fingerprint density at radius 2 is 1.73 bits per heavy atom. The van der Waals surface area contributed by atoms with Crippen LogP contribution in [-0.4, -0.2) is 23.5 Å². The van der Waals surface area contributed by atoms with Gasteiger partial charge in [0.15, 0.2) is 12.4 Å². The molecule has 0 saturated carbocycles. The summed E-state index contributed by atoms with van der Waals surface area (Å²) in [4.78, 5) is 24.7. The van der Waals surface area contributed by atoms with E-state index in [4.69, 9.17) is 14.0 Å². The van der Waals surface area contributed by atoms with Crippen LogP contribution < -0.4 is 4.74 Å². The average Bonchev–Trinajstić information content (AvgIpc) is 3.36. The molecule has 3 aromatic rings. The molecule has 0 saturated heterocycles. The van der Waals surface area contributed by atoms with Gasteiger partial charge in [-0.15, -0.1) is 0 Å². The predicted molar refractivity (Wildman–Crippen MR) is 110 cm³/mol. The molecule has 6 nitrogen and oxygen atoms in total. The van der Waals surface area contributed by atoms with Crippen LogP contribution in [0.4, 0.5) is 0 Å². The largest absolute Gasteiger partial charge is 0.489 e. The lowest BCUT2D eigenvalue weighted by Gasteiger charge is -2.08. The van der Waals surface area contributed by atoms with Crippen molar-refractivity contribution in [2.24, 2.45) is 0 Å². The standard InChI is InChI=1S/C24H23NO5/c1-15-22(16(2)30-25-15)13-28-21-10-8-18(9-11-21)24(27)29-14-23(26)20-7-6-17-4-3-5-19(17)12-20/h6-12H,3-5,13-14H2,1-2H3. The predicted octanol–water partition coefficient (Wildman–Crippen LogP) is 4.40. The highest BCUT2D eigenvalue weighted by Crippen LogP contribution is 2.23. The Kier molecular flexibility index (Phi) is 5.65. The van der Waals surface area contributed by atoms with Gasteiger partial charge in [0.25, 0.3) is 0 Å². The molecule has 0 bridgehead atoms. The topological polar surface area (TPSA) is 78.6 Å². The molecule has 0 atom stereocenters. The van der Waals surface area contributed by atoms with Gasteiger partial charge in [0.2, 0.25) is 0 Å². The number of benzene rings is 2. The van der Waals surface area contributed by atoms with E-state index in [-0.39, 0.29) is 12.4 Å². The fraction of sp³-hybridized carbons (Fsp3) is 0.292. The number of aromatic nitrogens is 1. The molecular weight excluding hydrogens is 382 g/mol. The molecule has 0 spiro atoms. The maximum absolute atomic E-state index is 12.4. The van der Waals surface area contributed by atoms with Crippen molar-refractivity contribution in [3.05, 3.63) is 81.7 Å². The van der Waals surface area contributed by atoms with Gasteiger partial charge in [0, 0.05) is 5.56 Å². The van der Waals surface area contributed by atoms with E-state index < -0.39 is 5.97 Å². The Morgan fingerprint density at radius 3 is 2.47 bits per heavy atom. The second kappa shape index (κ2) is 8.53. The number of fused-ring (bicyclic) bond motifs is 1. The molecule has 1 aliphatic carbocycles. The number of ether oxygens (including phenoxy) is 2. The molecule has 0 unspecified atom stereocenters. The summed E-state index contributed by atoms with van der Waals surface area (Å²) in [6.45, 7) is 3.75. The fourth-order valence-corrected chi connectivity index (χ4v) is 3.59. The second-order valence-corrected chi connectivity index (χ2v) is 7.45. The van der Waals surface area contributed by atoms with Crippen LogP contribution in [0.25, 0.3) is 0 Å². The van der Waals surface area contributed by atoms with Crippen LogP contribution in [0.3, 0.4) is 0 Å². The molecule has 0 fully saturated rings. The van der Waals surface area contributed by atoms with Crippen LogP contribution >= 0.6 is 0 Å². The van der Waals surface area contributed by atoms with Gasteiger partial charge in [0.1, 0.15) is 18.1 Å². The van der Waals surface area contributed by atoms with Crippen LogP contribution in [0.5, 0.6) is 5.75 Å². The Labute approximate surface area is 174 Å². The lowest BCUT2D eigenvalue weighted by molar-refractivity contribution is 0.0474. The summed E-state index contributed by atoms with van der Waals surface area (Å²) in [5.41, 5.74) is 5.18. The van der Waals surface area contributed by atoms with E-state index in [0.717, 1.165) is 36.3 Å². The number of hydrogen-bond donors (Lipinski definition) is 0. The van der Waals surface area contributed by atoms with Gasteiger partial charge in [-0.25, -0.2) is 4.79 Å². The molecule has 0 radical (unpaired) electrons. The molecule has 0 aliphatic heterocycles. The first-order chi connectivity index (χ1) is 14.5. The van der Waals surface area contributed by atoms with E-state index in [1.165, 1.54) is 11.1 Å². The molecule has 0 N–H and O–H groups in total. The number of rotatable bonds is 7. The Hall–Kier alpha value is -3.41. The van der Waals surface area contributed by atoms with E-state index in [9.17, 15) is 9.59 Å². The fourth-order valence-electron chi connectivity index (χ4n) is 3.59. The lowest BCUT2D eigenvalue weighted by Crippen LogP contribution is -2.14. The maximum atomic E-state index is 12.4. The molecule has 0 amide bonds. The number of hydrogen-bond acceptors (Lipinski definition) is 6. The van der Waals surface area contributed by atoms with E-state index in [1.807, 2.05) is 32.0 Å². The van der Waals surface area contributed by atoms with Crippen LogP contribution in [0.1, 0.15) is 55.3 Å². The third kappa shape index (κ3) is 4.27. The molecule has 1 aliphatic rings. The lowest BCUT2D eigenvalue weighted by atomic mass is 10.0. The first kappa shape index (κ1) is 19.9. The van der Waals surface area contributed by atoms with Gasteiger partial charge >= 0.3 is 5.97 Å². The third-order valence-corrected chi connectivity index (χ3v) is 5.41. The average molecular weight is 405 g/mol. The number of carbonyl (C=O) groups is 2. The van der Waals surface area contributed by atoms with Crippen molar-refractivity contribution < 1.29 is 23.6 Å². The van der Waals surface area contributed by atoms with Crippen LogP contribution in [0, 0.1) is 13.8 Å². The number of ketones is 1. The second-order valence-electron chi connectivity index (χ2n) is 7.45.